The summed E-state index contributed by atoms with van der Waals surface area (Å²) in [5, 5.41) is 0. The average molecular weight is 367 g/mol. The lowest BCUT2D eigenvalue weighted by Gasteiger charge is -2.42. The molecule has 1 aliphatic rings. The van der Waals surface area contributed by atoms with Crippen LogP contribution in [0.1, 0.15) is 65.0 Å². The molecule has 0 aliphatic heterocycles. The Morgan fingerprint density at radius 1 is 0.963 bits per heavy atom. The Balaban J connectivity index is 2.10. The first-order valence-corrected chi connectivity index (χ1v) is 10.1. The van der Waals surface area contributed by atoms with Gasteiger partial charge in [-0.05, 0) is 65.5 Å². The molecule has 0 bridgehead atoms. The van der Waals surface area contributed by atoms with Crippen LogP contribution in [0.5, 0.6) is 5.75 Å². The molecule has 0 fully saturated rings. The van der Waals surface area contributed by atoms with Crippen molar-refractivity contribution in [1.29, 1.82) is 0 Å². The number of nitrogen functional groups attached to an aromatic ring is 1. The van der Waals surface area contributed by atoms with Crippen LogP contribution < -0.4 is 15.4 Å². The van der Waals surface area contributed by atoms with Crippen LogP contribution in [0.2, 0.25) is 0 Å². The molecular formula is C24H34N2O. The highest BCUT2D eigenvalue weighted by Crippen LogP contribution is 2.47. The van der Waals surface area contributed by atoms with Gasteiger partial charge >= 0.3 is 0 Å². The van der Waals surface area contributed by atoms with Gasteiger partial charge in [0.25, 0.3) is 0 Å². The molecule has 0 heterocycles. The number of methoxy groups -OCH3 is 1. The third kappa shape index (κ3) is 3.65. The number of fused-ring (bicyclic) bond motifs is 1. The Morgan fingerprint density at radius 2 is 1.63 bits per heavy atom. The van der Waals surface area contributed by atoms with Crippen molar-refractivity contribution in [2.75, 3.05) is 24.3 Å². The Kier molecular flexibility index (Phi) is 5.16. The first-order valence-electron chi connectivity index (χ1n) is 10.1. The zero-order valence-electron chi connectivity index (χ0n) is 17.7. The van der Waals surface area contributed by atoms with Gasteiger partial charge in [0.05, 0.1) is 18.5 Å². The van der Waals surface area contributed by atoms with Crippen molar-refractivity contribution >= 4 is 17.1 Å². The van der Waals surface area contributed by atoms with Crippen molar-refractivity contribution in [3.05, 3.63) is 47.5 Å². The van der Waals surface area contributed by atoms with Crippen LogP contribution in [0.25, 0.3) is 0 Å². The Labute approximate surface area is 164 Å². The minimum atomic E-state index is 0.199. The van der Waals surface area contributed by atoms with Crippen LogP contribution in [-0.2, 0) is 10.8 Å². The Bertz CT molecular complexity index is 823. The van der Waals surface area contributed by atoms with E-state index in [0.29, 0.717) is 0 Å². The molecule has 0 aromatic heterocycles. The zero-order chi connectivity index (χ0) is 19.8. The van der Waals surface area contributed by atoms with Crippen molar-refractivity contribution in [1.82, 2.24) is 0 Å². The van der Waals surface area contributed by atoms with E-state index in [2.05, 4.69) is 63.8 Å². The zero-order valence-corrected chi connectivity index (χ0v) is 17.7. The minimum absolute atomic E-state index is 0.199. The normalized spacial score (nSPS) is 17.3. The number of rotatable bonds is 5. The van der Waals surface area contributed by atoms with Crippen molar-refractivity contribution < 1.29 is 4.74 Å². The quantitative estimate of drug-likeness (QED) is 0.643. The highest BCUT2D eigenvalue weighted by molar-refractivity contribution is 5.76. The predicted molar refractivity (Wildman–Crippen MR) is 116 cm³/mol. The summed E-state index contributed by atoms with van der Waals surface area (Å²) in [6.07, 6.45) is 3.50. The van der Waals surface area contributed by atoms with Crippen LogP contribution in [0.4, 0.5) is 17.1 Å². The van der Waals surface area contributed by atoms with Gasteiger partial charge in [0.15, 0.2) is 0 Å². The van der Waals surface area contributed by atoms with E-state index in [9.17, 15) is 0 Å². The molecule has 2 aromatic carbocycles. The third-order valence-corrected chi connectivity index (χ3v) is 6.12. The SMILES string of the molecule is CCCN(c1ccc2c(c1)C(C)(C)CCC2(C)C)c1ccc(OC)cc1N. The van der Waals surface area contributed by atoms with Crippen LogP contribution in [-0.4, -0.2) is 13.7 Å². The van der Waals surface area contributed by atoms with Crippen molar-refractivity contribution in [3.63, 3.8) is 0 Å². The highest BCUT2D eigenvalue weighted by atomic mass is 16.5. The van der Waals surface area contributed by atoms with Gasteiger partial charge in [0.1, 0.15) is 5.75 Å². The summed E-state index contributed by atoms with van der Waals surface area (Å²) in [6.45, 7) is 12.6. The molecule has 0 atom stereocenters. The third-order valence-electron chi connectivity index (χ3n) is 6.12. The number of hydrogen-bond donors (Lipinski definition) is 1. The number of hydrogen-bond acceptors (Lipinski definition) is 3. The second-order valence-corrected chi connectivity index (χ2v) is 9.07. The van der Waals surface area contributed by atoms with Gasteiger partial charge in [-0.25, -0.2) is 0 Å². The molecule has 0 radical (unpaired) electrons. The van der Waals surface area contributed by atoms with Gasteiger partial charge in [0.2, 0.25) is 0 Å². The minimum Gasteiger partial charge on any atom is -0.497 e. The van der Waals surface area contributed by atoms with Gasteiger partial charge in [-0.15, -0.1) is 0 Å². The van der Waals surface area contributed by atoms with E-state index in [1.807, 2.05) is 12.1 Å². The molecule has 0 amide bonds. The second kappa shape index (κ2) is 7.10. The standard InChI is InChI=1S/C24H34N2O/c1-7-14-26(22-11-9-18(27-6)16-21(22)25)17-8-10-19-20(15-17)24(4,5)13-12-23(19,2)3/h8-11,15-16H,7,12-14,25H2,1-6H3. The van der Waals surface area contributed by atoms with Crippen molar-refractivity contribution in [3.8, 4) is 5.75 Å². The molecule has 2 N–H and O–H groups in total. The van der Waals surface area contributed by atoms with Crippen molar-refractivity contribution in [2.24, 2.45) is 0 Å². The van der Waals surface area contributed by atoms with Gasteiger partial charge in [0, 0.05) is 18.3 Å². The van der Waals surface area contributed by atoms with Gasteiger partial charge in [-0.1, -0.05) is 40.7 Å². The predicted octanol–water partition coefficient (Wildman–Crippen LogP) is 6.17. The van der Waals surface area contributed by atoms with Gasteiger partial charge in [-0.2, -0.15) is 0 Å². The summed E-state index contributed by atoms with van der Waals surface area (Å²) in [5.74, 6) is 0.793. The van der Waals surface area contributed by atoms with E-state index >= 15 is 0 Å². The van der Waals surface area contributed by atoms with Crippen LogP contribution in [0.3, 0.4) is 0 Å². The molecule has 1 aliphatic carbocycles. The van der Waals surface area contributed by atoms with Gasteiger partial charge < -0.3 is 15.4 Å². The number of nitrogens with two attached hydrogens (primary N) is 1. The largest absolute Gasteiger partial charge is 0.497 e. The van der Waals surface area contributed by atoms with Gasteiger partial charge in [-0.3, -0.25) is 0 Å². The van der Waals surface area contributed by atoms with E-state index in [1.54, 1.807) is 7.11 Å². The average Bonchev–Trinajstić information content (AvgIpc) is 2.63. The fourth-order valence-corrected chi connectivity index (χ4v) is 4.26. The summed E-state index contributed by atoms with van der Waals surface area (Å²) < 4.78 is 5.32. The summed E-state index contributed by atoms with van der Waals surface area (Å²) in [7, 11) is 1.67. The topological polar surface area (TPSA) is 38.5 Å². The molecule has 27 heavy (non-hydrogen) atoms. The van der Waals surface area contributed by atoms with E-state index in [1.165, 1.54) is 29.7 Å². The van der Waals surface area contributed by atoms with Crippen LogP contribution in [0, 0.1) is 0 Å². The Hall–Kier alpha value is -2.16. The second-order valence-electron chi connectivity index (χ2n) is 9.07. The molecular weight excluding hydrogens is 332 g/mol. The molecule has 2 aromatic rings. The summed E-state index contributed by atoms with van der Waals surface area (Å²) >= 11 is 0. The first kappa shape index (κ1) is 19.6. The summed E-state index contributed by atoms with van der Waals surface area (Å²) in [6, 6.07) is 13.0. The van der Waals surface area contributed by atoms with E-state index in [0.717, 1.165) is 30.1 Å². The Morgan fingerprint density at radius 3 is 2.22 bits per heavy atom. The smallest absolute Gasteiger partial charge is 0.121 e. The van der Waals surface area contributed by atoms with Crippen LogP contribution in [0.15, 0.2) is 36.4 Å². The summed E-state index contributed by atoms with van der Waals surface area (Å²) in [4.78, 5) is 2.34. The fraction of sp³-hybridized carbons (Fsp3) is 0.500. The molecule has 0 saturated carbocycles. The molecule has 0 saturated heterocycles. The molecule has 3 nitrogen and oxygen atoms in total. The number of ether oxygens (including phenoxy) is 1. The maximum atomic E-state index is 6.38. The molecule has 0 unspecified atom stereocenters. The number of benzene rings is 2. The maximum Gasteiger partial charge on any atom is 0.121 e. The highest BCUT2D eigenvalue weighted by Gasteiger charge is 2.37. The van der Waals surface area contributed by atoms with E-state index < -0.39 is 0 Å². The molecule has 146 valence electrons. The molecule has 3 heteroatoms. The lowest BCUT2D eigenvalue weighted by atomic mass is 9.63. The number of anilines is 3. The first-order chi connectivity index (χ1) is 12.7. The fourth-order valence-electron chi connectivity index (χ4n) is 4.26. The summed E-state index contributed by atoms with van der Waals surface area (Å²) in [5.41, 5.74) is 12.8. The lowest BCUT2D eigenvalue weighted by Crippen LogP contribution is -2.34. The molecule has 3 rings (SSSR count). The number of nitrogens with zero attached hydrogens (tertiary/aromatic N) is 1. The van der Waals surface area contributed by atoms with Crippen LogP contribution >= 0.6 is 0 Å². The maximum absolute atomic E-state index is 6.38. The van der Waals surface area contributed by atoms with E-state index in [-0.39, 0.29) is 10.8 Å². The lowest BCUT2D eigenvalue weighted by molar-refractivity contribution is 0.332. The van der Waals surface area contributed by atoms with Crippen molar-refractivity contribution in [2.45, 2.75) is 64.7 Å². The monoisotopic (exact) mass is 366 g/mol. The molecule has 0 spiro atoms. The van der Waals surface area contributed by atoms with E-state index in [4.69, 9.17) is 10.5 Å².